The average Bonchev–Trinajstić information content (AvgIpc) is 2.81. The Labute approximate surface area is 150 Å². The first-order valence-corrected chi connectivity index (χ1v) is 8.96. The van der Waals surface area contributed by atoms with E-state index < -0.39 is 0 Å². The Balaban J connectivity index is 1.92. The Kier molecular flexibility index (Phi) is 6.62. The molecule has 0 fully saturated rings. The molecule has 1 heterocycles. The van der Waals surface area contributed by atoms with E-state index in [0.717, 1.165) is 23.7 Å². The number of aromatic nitrogens is 2. The van der Waals surface area contributed by atoms with Crippen molar-refractivity contribution in [1.82, 2.24) is 9.78 Å². The Bertz CT molecular complexity index is 702. The van der Waals surface area contributed by atoms with Gasteiger partial charge in [0.1, 0.15) is 5.75 Å². The summed E-state index contributed by atoms with van der Waals surface area (Å²) >= 11 is 0. The van der Waals surface area contributed by atoms with Gasteiger partial charge in [0, 0.05) is 24.3 Å². The molecule has 0 saturated carbocycles. The van der Waals surface area contributed by atoms with Crippen LogP contribution in [0, 0.1) is 19.8 Å². The van der Waals surface area contributed by atoms with Crippen LogP contribution in [-0.2, 0) is 17.8 Å². The van der Waals surface area contributed by atoms with E-state index in [-0.39, 0.29) is 5.91 Å². The van der Waals surface area contributed by atoms with E-state index in [2.05, 4.69) is 35.9 Å². The normalized spacial score (nSPS) is 11.0. The van der Waals surface area contributed by atoms with Crippen molar-refractivity contribution < 1.29 is 9.53 Å². The number of nitrogens with one attached hydrogen (secondary N) is 1. The maximum absolute atomic E-state index is 12.2. The van der Waals surface area contributed by atoms with Gasteiger partial charge in [-0.1, -0.05) is 13.8 Å². The third-order valence-corrected chi connectivity index (χ3v) is 4.12. The van der Waals surface area contributed by atoms with Crippen molar-refractivity contribution >= 4 is 11.6 Å². The molecule has 0 aliphatic rings. The smallest absolute Gasteiger partial charge is 0.224 e. The van der Waals surface area contributed by atoms with E-state index in [1.807, 2.05) is 38.1 Å². The molecule has 5 heteroatoms. The average molecular weight is 343 g/mol. The van der Waals surface area contributed by atoms with Gasteiger partial charge in [0.05, 0.1) is 12.3 Å². The molecule has 0 radical (unpaired) electrons. The van der Waals surface area contributed by atoms with Gasteiger partial charge < -0.3 is 10.1 Å². The predicted octanol–water partition coefficient (Wildman–Crippen LogP) is 4.13. The monoisotopic (exact) mass is 343 g/mol. The zero-order chi connectivity index (χ0) is 18.4. The molecule has 0 aliphatic carbocycles. The highest BCUT2D eigenvalue weighted by atomic mass is 16.5. The van der Waals surface area contributed by atoms with Gasteiger partial charge in [-0.2, -0.15) is 5.10 Å². The standard InChI is InChI=1S/C20H29N3O2/c1-6-25-18-9-7-17(8-10-18)21-20(24)12-11-19-15(4)22-23(16(19)5)13-14(2)3/h7-10,14H,6,11-13H2,1-5H3,(H,21,24). The number of hydrogen-bond acceptors (Lipinski definition) is 3. The van der Waals surface area contributed by atoms with Crippen LogP contribution in [0.25, 0.3) is 0 Å². The van der Waals surface area contributed by atoms with Crippen LogP contribution in [-0.4, -0.2) is 22.3 Å². The number of carbonyl (C=O) groups is 1. The van der Waals surface area contributed by atoms with Crippen LogP contribution in [0.2, 0.25) is 0 Å². The molecule has 0 bridgehead atoms. The fraction of sp³-hybridized carbons (Fsp3) is 0.500. The van der Waals surface area contributed by atoms with Crippen molar-refractivity contribution in [3.05, 3.63) is 41.2 Å². The number of hydrogen-bond donors (Lipinski definition) is 1. The predicted molar refractivity (Wildman–Crippen MR) is 101 cm³/mol. The minimum Gasteiger partial charge on any atom is -0.494 e. The summed E-state index contributed by atoms with van der Waals surface area (Å²) in [6.07, 6.45) is 1.15. The first-order chi connectivity index (χ1) is 11.9. The Morgan fingerprint density at radius 3 is 2.52 bits per heavy atom. The number of anilines is 1. The summed E-state index contributed by atoms with van der Waals surface area (Å²) in [4.78, 5) is 12.2. The summed E-state index contributed by atoms with van der Waals surface area (Å²) < 4.78 is 7.46. The third kappa shape index (κ3) is 5.34. The molecule has 1 amide bonds. The molecule has 0 spiro atoms. The number of rotatable bonds is 8. The van der Waals surface area contributed by atoms with Crippen LogP contribution in [0.15, 0.2) is 24.3 Å². The highest BCUT2D eigenvalue weighted by Crippen LogP contribution is 2.18. The van der Waals surface area contributed by atoms with Gasteiger partial charge in [-0.15, -0.1) is 0 Å². The zero-order valence-electron chi connectivity index (χ0n) is 15.9. The lowest BCUT2D eigenvalue weighted by Crippen LogP contribution is -2.13. The topological polar surface area (TPSA) is 56.1 Å². The molecule has 2 rings (SSSR count). The van der Waals surface area contributed by atoms with E-state index in [1.54, 1.807) is 0 Å². The van der Waals surface area contributed by atoms with E-state index in [0.29, 0.717) is 25.4 Å². The minimum absolute atomic E-state index is 0.0135. The molecule has 25 heavy (non-hydrogen) atoms. The Morgan fingerprint density at radius 2 is 1.92 bits per heavy atom. The maximum Gasteiger partial charge on any atom is 0.224 e. The van der Waals surface area contributed by atoms with Crippen LogP contribution in [0.5, 0.6) is 5.75 Å². The first kappa shape index (κ1) is 19.0. The minimum atomic E-state index is 0.0135. The third-order valence-electron chi connectivity index (χ3n) is 4.12. The van der Waals surface area contributed by atoms with Gasteiger partial charge in [0.25, 0.3) is 0 Å². The number of amides is 1. The van der Waals surface area contributed by atoms with Crippen LogP contribution in [0.1, 0.15) is 44.1 Å². The lowest BCUT2D eigenvalue weighted by atomic mass is 10.1. The largest absolute Gasteiger partial charge is 0.494 e. The van der Waals surface area contributed by atoms with E-state index in [1.165, 1.54) is 11.3 Å². The van der Waals surface area contributed by atoms with Gasteiger partial charge >= 0.3 is 0 Å². The molecule has 5 nitrogen and oxygen atoms in total. The van der Waals surface area contributed by atoms with Crippen molar-refractivity contribution in [3.8, 4) is 5.75 Å². The lowest BCUT2D eigenvalue weighted by Gasteiger charge is -2.09. The lowest BCUT2D eigenvalue weighted by molar-refractivity contribution is -0.116. The second-order valence-corrected chi connectivity index (χ2v) is 6.73. The zero-order valence-corrected chi connectivity index (χ0v) is 15.9. The summed E-state index contributed by atoms with van der Waals surface area (Å²) in [5.74, 6) is 1.37. The molecule has 0 saturated heterocycles. The molecular weight excluding hydrogens is 314 g/mol. The van der Waals surface area contributed by atoms with Gasteiger partial charge in [0.15, 0.2) is 0 Å². The number of nitrogens with zero attached hydrogens (tertiary/aromatic N) is 2. The highest BCUT2D eigenvalue weighted by molar-refractivity contribution is 5.90. The van der Waals surface area contributed by atoms with Crippen molar-refractivity contribution in [3.63, 3.8) is 0 Å². The molecule has 1 aromatic heterocycles. The van der Waals surface area contributed by atoms with Crippen molar-refractivity contribution in [2.24, 2.45) is 5.92 Å². The van der Waals surface area contributed by atoms with Gasteiger partial charge in [-0.3, -0.25) is 9.48 Å². The maximum atomic E-state index is 12.2. The molecule has 2 aromatic rings. The first-order valence-electron chi connectivity index (χ1n) is 8.96. The van der Waals surface area contributed by atoms with Gasteiger partial charge in [0.2, 0.25) is 5.91 Å². The van der Waals surface area contributed by atoms with E-state index in [9.17, 15) is 4.79 Å². The van der Waals surface area contributed by atoms with Gasteiger partial charge in [-0.25, -0.2) is 0 Å². The van der Waals surface area contributed by atoms with Crippen LogP contribution in [0.4, 0.5) is 5.69 Å². The molecular formula is C20H29N3O2. The fourth-order valence-corrected chi connectivity index (χ4v) is 2.88. The van der Waals surface area contributed by atoms with Crippen LogP contribution in [0.3, 0.4) is 0 Å². The Hall–Kier alpha value is -2.30. The Morgan fingerprint density at radius 1 is 1.24 bits per heavy atom. The van der Waals surface area contributed by atoms with Crippen molar-refractivity contribution in [1.29, 1.82) is 0 Å². The molecule has 136 valence electrons. The van der Waals surface area contributed by atoms with Crippen LogP contribution < -0.4 is 10.1 Å². The molecule has 0 aliphatic heterocycles. The molecule has 0 atom stereocenters. The summed E-state index contributed by atoms with van der Waals surface area (Å²) in [6.45, 7) is 12.0. The molecule has 1 aromatic carbocycles. The summed E-state index contributed by atoms with van der Waals surface area (Å²) in [5, 5.41) is 7.55. The number of carbonyl (C=O) groups excluding carboxylic acids is 1. The summed E-state index contributed by atoms with van der Waals surface area (Å²) in [7, 11) is 0. The number of ether oxygens (including phenoxy) is 1. The SMILES string of the molecule is CCOc1ccc(NC(=O)CCc2c(C)nn(CC(C)C)c2C)cc1. The van der Waals surface area contributed by atoms with Crippen molar-refractivity contribution in [2.75, 3.05) is 11.9 Å². The summed E-state index contributed by atoms with van der Waals surface area (Å²) in [6, 6.07) is 7.45. The van der Waals surface area contributed by atoms with Crippen molar-refractivity contribution in [2.45, 2.75) is 54.0 Å². The van der Waals surface area contributed by atoms with E-state index >= 15 is 0 Å². The highest BCUT2D eigenvalue weighted by Gasteiger charge is 2.14. The van der Waals surface area contributed by atoms with E-state index in [4.69, 9.17) is 4.74 Å². The number of aryl methyl sites for hydroxylation is 1. The fourth-order valence-electron chi connectivity index (χ4n) is 2.88. The second-order valence-electron chi connectivity index (χ2n) is 6.73. The number of benzene rings is 1. The quantitative estimate of drug-likeness (QED) is 0.784. The second kappa shape index (κ2) is 8.70. The summed E-state index contributed by atoms with van der Waals surface area (Å²) in [5.41, 5.74) is 4.16. The molecule has 0 unspecified atom stereocenters. The molecule has 1 N–H and O–H groups in total. The van der Waals surface area contributed by atoms with Gasteiger partial charge in [-0.05, 0) is 62.9 Å². The van der Waals surface area contributed by atoms with Crippen LogP contribution >= 0.6 is 0 Å².